The molecule has 4 aromatic rings. The molecule has 4 amide bonds. The number of unbranched alkanes of at least 4 members (excludes halogenated alkanes) is 1. The normalized spacial score (nSPS) is 20.7. The molecule has 51 heavy (non-hydrogen) atoms. The number of anilines is 3. The van der Waals surface area contributed by atoms with E-state index in [1.807, 2.05) is 36.6 Å². The van der Waals surface area contributed by atoms with Crippen molar-refractivity contribution in [3.8, 4) is 0 Å². The van der Waals surface area contributed by atoms with Crippen LogP contribution in [-0.2, 0) is 14.3 Å². The number of nitrogens with one attached hydrogen (secondary N) is 2. The fourth-order valence-corrected chi connectivity index (χ4v) is 6.68. The predicted octanol–water partition coefficient (Wildman–Crippen LogP) is 5.48. The van der Waals surface area contributed by atoms with Crippen molar-refractivity contribution in [2.75, 3.05) is 41.8 Å². The lowest BCUT2D eigenvalue weighted by molar-refractivity contribution is -0.125. The van der Waals surface area contributed by atoms with E-state index in [0.29, 0.717) is 60.2 Å². The molecule has 3 atom stereocenters. The number of hydrogen-bond donors (Lipinski definition) is 2. The van der Waals surface area contributed by atoms with E-state index in [0.717, 1.165) is 55.5 Å². The topological polar surface area (TPSA) is 160 Å². The highest BCUT2D eigenvalue weighted by atomic mass is 16.5. The molecule has 1 unspecified atom stereocenters. The summed E-state index contributed by atoms with van der Waals surface area (Å²) in [4.78, 5) is 66.1. The Morgan fingerprint density at radius 3 is 2.57 bits per heavy atom. The number of carbonyl (C=O) groups excluding carboxylic acids is 3. The molecular weight excluding hydrogens is 648 g/mol. The molecular formula is C37H44N10O4. The van der Waals surface area contributed by atoms with Gasteiger partial charge in [0.05, 0.1) is 30.6 Å². The number of pyridine rings is 1. The molecule has 14 heteroatoms. The van der Waals surface area contributed by atoms with Crippen LogP contribution in [-0.4, -0.2) is 78.4 Å². The largest absolute Gasteiger partial charge is 0.380 e. The highest BCUT2D eigenvalue weighted by Crippen LogP contribution is 2.47. The molecule has 0 bridgehead atoms. The smallest absolute Gasteiger partial charge is 0.331 e. The van der Waals surface area contributed by atoms with Crippen LogP contribution < -0.4 is 15.5 Å². The predicted molar refractivity (Wildman–Crippen MR) is 190 cm³/mol. The van der Waals surface area contributed by atoms with Crippen molar-refractivity contribution in [2.24, 2.45) is 5.92 Å². The number of fused-ring (bicyclic) bond motifs is 1. The van der Waals surface area contributed by atoms with Gasteiger partial charge in [0.1, 0.15) is 29.8 Å². The van der Waals surface area contributed by atoms with Gasteiger partial charge in [-0.1, -0.05) is 13.3 Å². The van der Waals surface area contributed by atoms with Gasteiger partial charge in [0.2, 0.25) is 5.91 Å². The number of nitrogens with zero attached hydrogens (tertiary/aromatic N) is 8. The molecule has 3 aliphatic carbocycles. The molecule has 0 aromatic carbocycles. The molecule has 1 aliphatic heterocycles. The molecule has 0 radical (unpaired) electrons. The van der Waals surface area contributed by atoms with Crippen LogP contribution in [0.4, 0.5) is 22.1 Å². The third-order valence-corrected chi connectivity index (χ3v) is 10.1. The number of carbonyl (C=O) groups is 3. The summed E-state index contributed by atoms with van der Waals surface area (Å²) >= 11 is 0. The number of hydrogen-bond acceptors (Lipinski definition) is 10. The molecule has 14 nitrogen and oxygen atoms in total. The maximum Gasteiger partial charge on any atom is 0.331 e. The SMILES string of the molecule is CCCCOCCN1C(=O)CN(c2cc(C3CC3)cn3cc(C(C)Nc4cc(NC(=O)[C@H]5C[C@@H]5c5nccc(C)n5)nc(C5CC5)n4)nc23)C1=O. The van der Waals surface area contributed by atoms with E-state index in [-0.39, 0.29) is 54.7 Å². The Bertz CT molecular complexity index is 1990. The van der Waals surface area contributed by atoms with Crippen LogP contribution in [0.5, 0.6) is 0 Å². The summed E-state index contributed by atoms with van der Waals surface area (Å²) in [6, 6.07) is 5.01. The highest BCUT2D eigenvalue weighted by Gasteiger charge is 2.46. The monoisotopic (exact) mass is 692 g/mol. The van der Waals surface area contributed by atoms with Gasteiger partial charge in [-0.25, -0.2) is 29.7 Å². The average Bonchev–Trinajstić information content (AvgIpc) is 3.99. The van der Waals surface area contributed by atoms with Crippen LogP contribution in [0.3, 0.4) is 0 Å². The van der Waals surface area contributed by atoms with Crippen molar-refractivity contribution in [3.05, 3.63) is 65.4 Å². The molecule has 8 rings (SSSR count). The number of amides is 4. The Morgan fingerprint density at radius 2 is 1.80 bits per heavy atom. The third kappa shape index (κ3) is 7.14. The zero-order chi connectivity index (χ0) is 35.2. The highest BCUT2D eigenvalue weighted by molar-refractivity contribution is 6.13. The van der Waals surface area contributed by atoms with Crippen molar-refractivity contribution in [1.29, 1.82) is 0 Å². The molecule has 266 valence electrons. The summed E-state index contributed by atoms with van der Waals surface area (Å²) in [5, 5.41) is 6.51. The van der Waals surface area contributed by atoms with Crippen molar-refractivity contribution in [3.63, 3.8) is 0 Å². The molecule has 1 saturated heterocycles. The quantitative estimate of drug-likeness (QED) is 0.121. The second-order valence-corrected chi connectivity index (χ2v) is 14.3. The van der Waals surface area contributed by atoms with Crippen LogP contribution in [0.2, 0.25) is 0 Å². The lowest BCUT2D eigenvalue weighted by Gasteiger charge is -2.19. The van der Waals surface area contributed by atoms with Gasteiger partial charge in [0.15, 0.2) is 5.65 Å². The van der Waals surface area contributed by atoms with Crippen LogP contribution in [0.15, 0.2) is 36.8 Å². The summed E-state index contributed by atoms with van der Waals surface area (Å²) in [7, 11) is 0. The van der Waals surface area contributed by atoms with E-state index in [1.165, 1.54) is 4.90 Å². The zero-order valence-electron chi connectivity index (χ0n) is 29.3. The number of ether oxygens (including phenoxy) is 1. The minimum absolute atomic E-state index is 0.00855. The van der Waals surface area contributed by atoms with E-state index in [4.69, 9.17) is 19.7 Å². The minimum Gasteiger partial charge on any atom is -0.380 e. The van der Waals surface area contributed by atoms with Crippen LogP contribution >= 0.6 is 0 Å². The molecule has 5 heterocycles. The number of aromatic nitrogens is 6. The van der Waals surface area contributed by atoms with E-state index >= 15 is 0 Å². The number of aryl methyl sites for hydroxylation is 1. The minimum atomic E-state index is -0.350. The van der Waals surface area contributed by atoms with Crippen molar-refractivity contribution in [1.82, 2.24) is 34.2 Å². The zero-order valence-corrected chi connectivity index (χ0v) is 29.3. The number of urea groups is 1. The molecule has 2 N–H and O–H groups in total. The first-order valence-corrected chi connectivity index (χ1v) is 18.2. The lowest BCUT2D eigenvalue weighted by atomic mass is 10.1. The average molecular weight is 693 g/mol. The van der Waals surface area contributed by atoms with Gasteiger partial charge < -0.3 is 19.8 Å². The molecule has 4 aliphatic rings. The fourth-order valence-electron chi connectivity index (χ4n) is 6.68. The fraction of sp³-hybridized carbons (Fsp3) is 0.514. The van der Waals surface area contributed by atoms with E-state index in [2.05, 4.69) is 33.7 Å². The first-order chi connectivity index (χ1) is 24.7. The van der Waals surface area contributed by atoms with Crippen molar-refractivity contribution in [2.45, 2.75) is 89.5 Å². The number of imidazole rings is 1. The second-order valence-electron chi connectivity index (χ2n) is 14.3. The van der Waals surface area contributed by atoms with E-state index in [1.54, 1.807) is 17.2 Å². The second kappa shape index (κ2) is 13.6. The molecule has 4 fully saturated rings. The number of rotatable bonds is 15. The van der Waals surface area contributed by atoms with E-state index in [9.17, 15) is 14.4 Å². The van der Waals surface area contributed by atoms with Gasteiger partial charge in [-0.3, -0.25) is 19.4 Å². The summed E-state index contributed by atoms with van der Waals surface area (Å²) in [6.45, 7) is 7.14. The van der Waals surface area contributed by atoms with Crippen LogP contribution in [0.25, 0.3) is 5.65 Å². The Kier molecular flexibility index (Phi) is 8.86. The van der Waals surface area contributed by atoms with Crippen LogP contribution in [0, 0.1) is 12.8 Å². The Morgan fingerprint density at radius 1 is 1.00 bits per heavy atom. The van der Waals surface area contributed by atoms with Gasteiger partial charge >= 0.3 is 6.03 Å². The van der Waals surface area contributed by atoms with Crippen LogP contribution in [0.1, 0.15) is 111 Å². The van der Waals surface area contributed by atoms with Gasteiger partial charge in [-0.05, 0) is 76.0 Å². The maximum atomic E-state index is 13.6. The van der Waals surface area contributed by atoms with Crippen molar-refractivity contribution >= 4 is 40.8 Å². The summed E-state index contributed by atoms with van der Waals surface area (Å²) < 4.78 is 7.61. The summed E-state index contributed by atoms with van der Waals surface area (Å²) in [6.07, 6.45) is 12.7. The van der Waals surface area contributed by atoms with E-state index < -0.39 is 0 Å². The van der Waals surface area contributed by atoms with Gasteiger partial charge in [0, 0.05) is 54.7 Å². The Balaban J connectivity index is 1.00. The molecule has 4 aromatic heterocycles. The maximum absolute atomic E-state index is 13.6. The molecule has 0 spiro atoms. The lowest BCUT2D eigenvalue weighted by Crippen LogP contribution is -2.35. The first-order valence-electron chi connectivity index (χ1n) is 18.2. The third-order valence-electron chi connectivity index (χ3n) is 10.1. The van der Waals surface area contributed by atoms with Gasteiger partial charge in [-0.2, -0.15) is 0 Å². The van der Waals surface area contributed by atoms with Crippen molar-refractivity contribution < 1.29 is 19.1 Å². The first kappa shape index (κ1) is 33.2. The molecule has 3 saturated carbocycles. The van der Waals surface area contributed by atoms with Gasteiger partial charge in [0.25, 0.3) is 5.91 Å². The summed E-state index contributed by atoms with van der Waals surface area (Å²) in [5.74, 6) is 2.65. The summed E-state index contributed by atoms with van der Waals surface area (Å²) in [5.41, 5.74) is 4.00. The standard InChI is InChI=1S/C37H44N10O4/c1-4-5-13-51-14-12-46-32(48)20-47(37(46)50)29-15-25(23-6-7-23)18-45-19-28(41-35(29)45)22(3)40-30-17-31(43-33(42-30)24-8-9-24)44-36(49)27-16-26(27)34-38-11-10-21(2)39-34/h10-11,15,17-19,22-24,26-27H,4-9,12-14,16,20H2,1-3H3,(H2,40,42,43,44,49)/t22?,26-,27-/m0/s1. The van der Waals surface area contributed by atoms with Gasteiger partial charge in [-0.15, -0.1) is 0 Å². The Labute approximate surface area is 296 Å². The number of imide groups is 1. The Hall–Kier alpha value is -4.98.